The van der Waals surface area contributed by atoms with Crippen LogP contribution in [-0.4, -0.2) is 58.1 Å². The maximum Gasteiger partial charge on any atom is 0.410 e. The van der Waals surface area contributed by atoms with E-state index in [0.717, 1.165) is 5.56 Å². The molecule has 1 aromatic rings. The Hall–Kier alpha value is -1.63. The van der Waals surface area contributed by atoms with Crippen LogP contribution < -0.4 is 0 Å². The Kier molecular flexibility index (Phi) is 5.52. The molecule has 1 atom stereocenters. The van der Waals surface area contributed by atoms with Crippen molar-refractivity contribution in [1.82, 2.24) is 14.8 Å². The van der Waals surface area contributed by atoms with Crippen LogP contribution in [-0.2, 0) is 4.74 Å². The van der Waals surface area contributed by atoms with Gasteiger partial charge in [-0.3, -0.25) is 4.79 Å². The Balaban J connectivity index is 2.05. The van der Waals surface area contributed by atoms with Crippen LogP contribution in [0.4, 0.5) is 4.79 Å². The number of pyridine rings is 1. The van der Waals surface area contributed by atoms with Gasteiger partial charge in [0.2, 0.25) is 0 Å². The van der Waals surface area contributed by atoms with Gasteiger partial charge in [0.25, 0.3) is 5.91 Å². The first-order chi connectivity index (χ1) is 11.1. The molecular weight excluding hydrogens is 374 g/mol. The average Bonchev–Trinajstić information content (AvgIpc) is 2.44. The summed E-state index contributed by atoms with van der Waals surface area (Å²) in [6, 6.07) is 1.77. The average molecular weight is 398 g/mol. The second-order valence-corrected chi connectivity index (χ2v) is 7.97. The van der Waals surface area contributed by atoms with E-state index in [1.165, 1.54) is 0 Å². The molecule has 6 nitrogen and oxygen atoms in total. The molecule has 1 saturated heterocycles. The van der Waals surface area contributed by atoms with Crippen LogP contribution in [0.5, 0.6) is 0 Å². The maximum atomic E-state index is 12.7. The van der Waals surface area contributed by atoms with Crippen LogP contribution in [0, 0.1) is 6.92 Å². The van der Waals surface area contributed by atoms with Gasteiger partial charge in [0, 0.05) is 36.3 Å². The van der Waals surface area contributed by atoms with E-state index >= 15 is 0 Å². The molecule has 0 aliphatic carbocycles. The highest BCUT2D eigenvalue weighted by Crippen LogP contribution is 2.21. The van der Waals surface area contributed by atoms with Gasteiger partial charge in [0.15, 0.2) is 0 Å². The number of ether oxygens (including phenoxy) is 1. The lowest BCUT2D eigenvalue weighted by Gasteiger charge is -2.40. The second-order valence-electron chi connectivity index (χ2n) is 7.12. The largest absolute Gasteiger partial charge is 0.444 e. The number of rotatable bonds is 1. The number of aromatic nitrogens is 1. The number of piperazine rings is 1. The van der Waals surface area contributed by atoms with Crippen molar-refractivity contribution in [2.45, 2.75) is 46.3 Å². The summed E-state index contributed by atoms with van der Waals surface area (Å²) >= 11 is 3.40. The molecule has 7 heteroatoms. The van der Waals surface area contributed by atoms with Gasteiger partial charge in [0.1, 0.15) is 11.3 Å². The predicted octanol–water partition coefficient (Wildman–Crippen LogP) is 3.23. The fraction of sp³-hybridized carbons (Fsp3) is 0.588. The Bertz CT molecular complexity index is 642. The van der Waals surface area contributed by atoms with Crippen molar-refractivity contribution in [3.05, 3.63) is 28.0 Å². The van der Waals surface area contributed by atoms with E-state index in [-0.39, 0.29) is 18.0 Å². The summed E-state index contributed by atoms with van der Waals surface area (Å²) in [5.74, 6) is -0.127. The molecule has 2 amide bonds. The molecule has 1 fully saturated rings. The zero-order valence-electron chi connectivity index (χ0n) is 14.8. The van der Waals surface area contributed by atoms with E-state index in [0.29, 0.717) is 29.8 Å². The van der Waals surface area contributed by atoms with Gasteiger partial charge in [-0.05, 0) is 62.2 Å². The third-order valence-electron chi connectivity index (χ3n) is 3.72. The van der Waals surface area contributed by atoms with Crippen molar-refractivity contribution in [3.8, 4) is 0 Å². The summed E-state index contributed by atoms with van der Waals surface area (Å²) < 4.78 is 6.11. The van der Waals surface area contributed by atoms with Crippen LogP contribution in [0.15, 0.2) is 16.7 Å². The normalized spacial score (nSPS) is 18.5. The molecule has 1 aliphatic heterocycles. The first-order valence-corrected chi connectivity index (χ1v) is 8.79. The van der Waals surface area contributed by atoms with E-state index in [4.69, 9.17) is 4.74 Å². The number of hydrogen-bond acceptors (Lipinski definition) is 4. The minimum absolute atomic E-state index is 0.109. The topological polar surface area (TPSA) is 62.7 Å². The highest BCUT2D eigenvalue weighted by atomic mass is 79.9. The monoisotopic (exact) mass is 397 g/mol. The summed E-state index contributed by atoms with van der Waals surface area (Å²) in [5.41, 5.74) is 0.862. The Morgan fingerprint density at radius 3 is 2.54 bits per heavy atom. The maximum absolute atomic E-state index is 12.7. The smallest absolute Gasteiger partial charge is 0.410 e. The standard InChI is InChI=1S/C17H24BrN3O3/c1-11-8-13(18)14(19-9-11)15(22)20-6-7-21(12(2)10-20)16(23)24-17(3,4)5/h8-9,12H,6-7,10H2,1-5H3/t12-/m1/s1. The lowest BCUT2D eigenvalue weighted by Crippen LogP contribution is -2.56. The summed E-state index contributed by atoms with van der Waals surface area (Å²) in [5, 5.41) is 0. The van der Waals surface area contributed by atoms with E-state index in [2.05, 4.69) is 20.9 Å². The SMILES string of the molecule is Cc1cnc(C(=O)N2CCN(C(=O)OC(C)(C)C)[C@H](C)C2)c(Br)c1. The van der Waals surface area contributed by atoms with E-state index in [1.54, 1.807) is 16.0 Å². The van der Waals surface area contributed by atoms with E-state index in [9.17, 15) is 9.59 Å². The summed E-state index contributed by atoms with van der Waals surface area (Å²) in [6.07, 6.45) is 1.34. The number of hydrogen-bond donors (Lipinski definition) is 0. The molecule has 24 heavy (non-hydrogen) atoms. The van der Waals surface area contributed by atoms with Crippen LogP contribution in [0.1, 0.15) is 43.7 Å². The molecule has 1 aliphatic rings. The van der Waals surface area contributed by atoms with Crippen molar-refractivity contribution >= 4 is 27.9 Å². The molecule has 1 aromatic heterocycles. The van der Waals surface area contributed by atoms with Crippen molar-refractivity contribution in [2.75, 3.05) is 19.6 Å². The highest BCUT2D eigenvalue weighted by molar-refractivity contribution is 9.10. The van der Waals surface area contributed by atoms with Crippen molar-refractivity contribution in [2.24, 2.45) is 0 Å². The van der Waals surface area contributed by atoms with Crippen molar-refractivity contribution in [3.63, 3.8) is 0 Å². The Morgan fingerprint density at radius 2 is 2.00 bits per heavy atom. The Labute approximate surface area is 151 Å². The van der Waals surface area contributed by atoms with Crippen molar-refractivity contribution in [1.29, 1.82) is 0 Å². The highest BCUT2D eigenvalue weighted by Gasteiger charge is 2.33. The van der Waals surface area contributed by atoms with Gasteiger partial charge in [-0.1, -0.05) is 0 Å². The van der Waals surface area contributed by atoms with E-state index in [1.807, 2.05) is 40.7 Å². The molecule has 0 bridgehead atoms. The molecule has 132 valence electrons. The number of amides is 2. The first-order valence-electron chi connectivity index (χ1n) is 7.99. The number of carbonyl (C=O) groups is 2. The number of carbonyl (C=O) groups excluding carboxylic acids is 2. The van der Waals surface area contributed by atoms with Gasteiger partial charge in [-0.2, -0.15) is 0 Å². The van der Waals surface area contributed by atoms with E-state index < -0.39 is 5.60 Å². The van der Waals surface area contributed by atoms with Gasteiger partial charge in [-0.25, -0.2) is 9.78 Å². The molecular formula is C17H24BrN3O3. The summed E-state index contributed by atoms with van der Waals surface area (Å²) in [6.45, 7) is 10.7. The molecule has 0 N–H and O–H groups in total. The lowest BCUT2D eigenvalue weighted by molar-refractivity contribution is 0.00188. The zero-order chi connectivity index (χ0) is 18.1. The van der Waals surface area contributed by atoms with Crippen LogP contribution in [0.25, 0.3) is 0 Å². The molecule has 0 radical (unpaired) electrons. The number of halogens is 1. The molecule has 0 spiro atoms. The number of nitrogens with zero attached hydrogens (tertiary/aromatic N) is 3. The zero-order valence-corrected chi connectivity index (χ0v) is 16.4. The van der Waals surface area contributed by atoms with Gasteiger partial charge >= 0.3 is 6.09 Å². The van der Waals surface area contributed by atoms with Gasteiger partial charge in [0.05, 0.1) is 0 Å². The summed E-state index contributed by atoms with van der Waals surface area (Å²) in [4.78, 5) is 32.6. The molecule has 2 heterocycles. The van der Waals surface area contributed by atoms with Crippen molar-refractivity contribution < 1.29 is 14.3 Å². The Morgan fingerprint density at radius 1 is 1.33 bits per heavy atom. The molecule has 0 unspecified atom stereocenters. The third kappa shape index (κ3) is 4.47. The molecule has 2 rings (SSSR count). The van der Waals surface area contributed by atoms with Gasteiger partial charge in [-0.15, -0.1) is 0 Å². The number of aryl methyl sites for hydroxylation is 1. The minimum Gasteiger partial charge on any atom is -0.444 e. The quantitative estimate of drug-likeness (QED) is 0.729. The fourth-order valence-electron chi connectivity index (χ4n) is 2.57. The predicted molar refractivity (Wildman–Crippen MR) is 95.0 cm³/mol. The van der Waals surface area contributed by atoms with Crippen LogP contribution >= 0.6 is 15.9 Å². The molecule has 0 saturated carbocycles. The molecule has 0 aromatic carbocycles. The first kappa shape index (κ1) is 18.7. The van der Waals surface area contributed by atoms with Crippen LogP contribution in [0.2, 0.25) is 0 Å². The third-order valence-corrected chi connectivity index (χ3v) is 4.33. The lowest BCUT2D eigenvalue weighted by atomic mass is 10.1. The second kappa shape index (κ2) is 7.09. The van der Waals surface area contributed by atoms with Gasteiger partial charge < -0.3 is 14.5 Å². The minimum atomic E-state index is -0.527. The summed E-state index contributed by atoms with van der Waals surface area (Å²) in [7, 11) is 0. The fourth-order valence-corrected chi connectivity index (χ4v) is 3.21. The van der Waals surface area contributed by atoms with Crippen LogP contribution in [0.3, 0.4) is 0 Å².